The smallest absolute Gasteiger partial charge is 0.411 e. The predicted molar refractivity (Wildman–Crippen MR) is 127 cm³/mol. The van der Waals surface area contributed by atoms with E-state index in [0.717, 1.165) is 24.0 Å². The third-order valence-corrected chi connectivity index (χ3v) is 6.34. The van der Waals surface area contributed by atoms with Gasteiger partial charge in [-0.05, 0) is 61.8 Å². The van der Waals surface area contributed by atoms with Crippen LogP contribution in [0.5, 0.6) is 17.2 Å². The Labute approximate surface area is 200 Å². The number of nitrogens with zero attached hydrogens (tertiary/aromatic N) is 1. The number of aryl methyl sites for hydroxylation is 1. The Kier molecular flexibility index (Phi) is 8.62. The fourth-order valence-electron chi connectivity index (χ4n) is 4.55. The van der Waals surface area contributed by atoms with Gasteiger partial charge in [0.1, 0.15) is 12.1 Å². The molecule has 3 rings (SSSR count). The van der Waals surface area contributed by atoms with Gasteiger partial charge in [-0.15, -0.1) is 0 Å². The summed E-state index contributed by atoms with van der Waals surface area (Å²) < 4.78 is 21.7. The summed E-state index contributed by atoms with van der Waals surface area (Å²) in [6.07, 6.45) is 2.80. The van der Waals surface area contributed by atoms with E-state index in [0.29, 0.717) is 49.5 Å². The minimum atomic E-state index is -1.29. The van der Waals surface area contributed by atoms with Crippen molar-refractivity contribution in [3.63, 3.8) is 0 Å². The number of carboxylic acids is 1. The van der Waals surface area contributed by atoms with E-state index in [1.165, 1.54) is 4.90 Å². The Morgan fingerprint density at radius 3 is 2.24 bits per heavy atom. The van der Waals surface area contributed by atoms with Crippen LogP contribution in [0.3, 0.4) is 0 Å². The second-order valence-corrected chi connectivity index (χ2v) is 8.37. The lowest BCUT2D eigenvalue weighted by Gasteiger charge is -2.43. The highest BCUT2D eigenvalue weighted by atomic mass is 16.6. The largest absolute Gasteiger partial charge is 0.493 e. The average Bonchev–Trinajstić information content (AvgIpc) is 2.87. The Bertz CT molecular complexity index is 953. The number of hydrogen-bond acceptors (Lipinski definition) is 6. The van der Waals surface area contributed by atoms with Crippen LogP contribution in [-0.4, -0.2) is 55.5 Å². The molecule has 2 aromatic carbocycles. The summed E-state index contributed by atoms with van der Waals surface area (Å²) in [5.41, 5.74) is 0.507. The summed E-state index contributed by atoms with van der Waals surface area (Å²) in [5.74, 6) is 0.617. The molecule has 1 fully saturated rings. The van der Waals surface area contributed by atoms with Crippen LogP contribution in [0, 0.1) is 0 Å². The lowest BCUT2D eigenvalue weighted by molar-refractivity contribution is -0.153. The molecule has 1 unspecified atom stereocenters. The minimum absolute atomic E-state index is 0.108. The maximum Gasteiger partial charge on any atom is 0.411 e. The predicted octanol–water partition coefficient (Wildman–Crippen LogP) is 4.68. The zero-order chi connectivity index (χ0) is 24.6. The minimum Gasteiger partial charge on any atom is -0.493 e. The lowest BCUT2D eigenvalue weighted by atomic mass is 9.82. The molecule has 1 aliphatic rings. The lowest BCUT2D eigenvalue weighted by Crippen LogP contribution is -2.59. The van der Waals surface area contributed by atoms with Gasteiger partial charge in [0.2, 0.25) is 5.75 Å². The van der Waals surface area contributed by atoms with E-state index >= 15 is 0 Å². The van der Waals surface area contributed by atoms with Crippen LogP contribution in [0.1, 0.15) is 43.2 Å². The molecule has 0 aromatic heterocycles. The number of ether oxygens (including phenoxy) is 4. The van der Waals surface area contributed by atoms with Crippen molar-refractivity contribution in [2.45, 2.75) is 50.7 Å². The normalized spacial score (nSPS) is 17.7. The van der Waals surface area contributed by atoms with Crippen molar-refractivity contribution >= 4 is 12.1 Å². The van der Waals surface area contributed by atoms with Crippen molar-refractivity contribution in [2.75, 3.05) is 27.9 Å². The molecule has 1 saturated heterocycles. The summed E-state index contributed by atoms with van der Waals surface area (Å²) >= 11 is 0. The number of aliphatic carboxylic acids is 1. The number of carbonyl (C=O) groups excluding carboxylic acids is 1. The number of amides is 1. The number of methoxy groups -OCH3 is 3. The molecule has 1 atom stereocenters. The SMILES string of the molecule is COc1cc(CCCC2(C(=O)O)CCCCN2C(=O)OCc2ccccc2)cc(OC)c1OC. The second-order valence-electron chi connectivity index (χ2n) is 8.37. The monoisotopic (exact) mass is 471 g/mol. The highest BCUT2D eigenvalue weighted by Crippen LogP contribution is 2.39. The van der Waals surface area contributed by atoms with E-state index in [9.17, 15) is 14.7 Å². The number of carbonyl (C=O) groups is 2. The molecule has 0 bridgehead atoms. The molecule has 0 saturated carbocycles. The fourth-order valence-corrected chi connectivity index (χ4v) is 4.55. The van der Waals surface area contributed by atoms with E-state index in [1.54, 1.807) is 21.3 Å². The molecular weight excluding hydrogens is 438 g/mol. The van der Waals surface area contributed by atoms with E-state index in [-0.39, 0.29) is 6.61 Å². The van der Waals surface area contributed by atoms with Crippen LogP contribution in [0.15, 0.2) is 42.5 Å². The first-order valence-corrected chi connectivity index (χ1v) is 11.5. The Morgan fingerprint density at radius 1 is 0.971 bits per heavy atom. The fraction of sp³-hybridized carbons (Fsp3) is 0.462. The molecule has 8 heteroatoms. The zero-order valence-electron chi connectivity index (χ0n) is 20.0. The van der Waals surface area contributed by atoms with Crippen LogP contribution in [0.4, 0.5) is 4.79 Å². The summed E-state index contributed by atoms with van der Waals surface area (Å²) in [6, 6.07) is 13.1. The molecule has 0 radical (unpaired) electrons. The van der Waals surface area contributed by atoms with E-state index in [2.05, 4.69) is 0 Å². The molecular formula is C26H33NO7. The highest BCUT2D eigenvalue weighted by molar-refractivity contribution is 5.84. The number of benzene rings is 2. The molecule has 1 heterocycles. The first kappa shape index (κ1) is 25.2. The van der Waals surface area contributed by atoms with Crippen LogP contribution >= 0.6 is 0 Å². The number of piperidine rings is 1. The highest BCUT2D eigenvalue weighted by Gasteiger charge is 2.48. The van der Waals surface area contributed by atoms with Crippen molar-refractivity contribution in [3.05, 3.63) is 53.6 Å². The van der Waals surface area contributed by atoms with Crippen molar-refractivity contribution in [2.24, 2.45) is 0 Å². The Hall–Kier alpha value is -3.42. The van der Waals surface area contributed by atoms with Crippen LogP contribution in [0.2, 0.25) is 0 Å². The average molecular weight is 472 g/mol. The summed E-state index contributed by atoms with van der Waals surface area (Å²) in [5, 5.41) is 10.2. The van der Waals surface area contributed by atoms with Crippen molar-refractivity contribution in [1.82, 2.24) is 4.90 Å². The topological polar surface area (TPSA) is 94.5 Å². The Balaban J connectivity index is 1.72. The third-order valence-electron chi connectivity index (χ3n) is 6.34. The number of rotatable bonds is 10. The van der Waals surface area contributed by atoms with Crippen LogP contribution < -0.4 is 14.2 Å². The summed E-state index contributed by atoms with van der Waals surface area (Å²) in [4.78, 5) is 26.9. The third kappa shape index (κ3) is 5.55. The van der Waals surface area contributed by atoms with Gasteiger partial charge in [-0.1, -0.05) is 30.3 Å². The van der Waals surface area contributed by atoms with Gasteiger partial charge < -0.3 is 24.1 Å². The molecule has 184 valence electrons. The number of likely N-dealkylation sites (tertiary alicyclic amines) is 1. The van der Waals surface area contributed by atoms with Crippen molar-refractivity contribution in [3.8, 4) is 17.2 Å². The molecule has 0 spiro atoms. The van der Waals surface area contributed by atoms with Gasteiger partial charge in [0.25, 0.3) is 0 Å². The molecule has 0 aliphatic carbocycles. The first-order valence-electron chi connectivity index (χ1n) is 11.5. The van der Waals surface area contributed by atoms with Crippen LogP contribution in [0.25, 0.3) is 0 Å². The maximum absolute atomic E-state index is 13.0. The first-order chi connectivity index (χ1) is 16.4. The molecule has 2 aromatic rings. The molecule has 8 nitrogen and oxygen atoms in total. The number of hydrogen-bond donors (Lipinski definition) is 1. The Morgan fingerprint density at radius 2 is 1.65 bits per heavy atom. The van der Waals surface area contributed by atoms with Gasteiger partial charge in [0, 0.05) is 6.54 Å². The van der Waals surface area contributed by atoms with E-state index in [4.69, 9.17) is 18.9 Å². The zero-order valence-corrected chi connectivity index (χ0v) is 20.0. The summed E-state index contributed by atoms with van der Waals surface area (Å²) in [6.45, 7) is 0.474. The quantitative estimate of drug-likeness (QED) is 0.538. The van der Waals surface area contributed by atoms with Gasteiger partial charge in [-0.2, -0.15) is 0 Å². The molecule has 1 N–H and O–H groups in total. The van der Waals surface area contributed by atoms with E-state index in [1.807, 2.05) is 42.5 Å². The van der Waals surface area contributed by atoms with Gasteiger partial charge in [-0.3, -0.25) is 4.90 Å². The van der Waals surface area contributed by atoms with Gasteiger partial charge in [0.15, 0.2) is 11.5 Å². The maximum atomic E-state index is 13.0. The van der Waals surface area contributed by atoms with E-state index < -0.39 is 17.6 Å². The van der Waals surface area contributed by atoms with Crippen molar-refractivity contribution in [1.29, 1.82) is 0 Å². The summed E-state index contributed by atoms with van der Waals surface area (Å²) in [7, 11) is 4.66. The van der Waals surface area contributed by atoms with Gasteiger partial charge in [-0.25, -0.2) is 9.59 Å². The van der Waals surface area contributed by atoms with Crippen molar-refractivity contribution < 1.29 is 33.6 Å². The van der Waals surface area contributed by atoms with Gasteiger partial charge >= 0.3 is 12.1 Å². The van der Waals surface area contributed by atoms with Crippen LogP contribution in [-0.2, 0) is 22.6 Å². The number of carboxylic acid groups (broad SMARTS) is 1. The molecule has 1 aliphatic heterocycles. The standard InChI is InChI=1S/C26H33NO7/c1-31-21-16-20(17-22(32-2)23(21)33-3)12-9-14-26(24(28)29)13-7-8-15-27(26)25(30)34-18-19-10-5-4-6-11-19/h4-6,10-11,16-17H,7-9,12-15,18H2,1-3H3,(H,28,29). The van der Waals surface area contributed by atoms with Gasteiger partial charge in [0.05, 0.1) is 21.3 Å². The molecule has 1 amide bonds. The second kappa shape index (κ2) is 11.6. The molecule has 34 heavy (non-hydrogen) atoms.